The number of carbonyl (C=O) groups excluding carboxylic acids is 1. The first-order valence-electron chi connectivity index (χ1n) is 5.96. The highest BCUT2D eigenvalue weighted by Gasteiger charge is 2.16. The summed E-state index contributed by atoms with van der Waals surface area (Å²) in [5.41, 5.74) is 1.11. The third-order valence-corrected chi connectivity index (χ3v) is 3.28. The molecule has 1 fully saturated rings. The van der Waals surface area contributed by atoms with Crippen molar-refractivity contribution in [3.05, 3.63) is 23.7 Å². The first-order chi connectivity index (χ1) is 7.65. The Hall–Kier alpha value is -1.09. The molecular formula is C13H19NO2. The number of furan rings is 1. The van der Waals surface area contributed by atoms with Gasteiger partial charge in [-0.3, -0.25) is 9.69 Å². The van der Waals surface area contributed by atoms with Crippen LogP contribution in [0.15, 0.2) is 16.7 Å². The van der Waals surface area contributed by atoms with E-state index in [4.69, 9.17) is 4.42 Å². The maximum absolute atomic E-state index is 11.1. The zero-order chi connectivity index (χ0) is 11.5. The van der Waals surface area contributed by atoms with E-state index in [1.165, 1.54) is 19.8 Å². The minimum Gasteiger partial charge on any atom is -0.461 e. The normalized spacial score (nSPS) is 18.9. The number of hydrogen-bond acceptors (Lipinski definition) is 3. The molecule has 0 saturated carbocycles. The summed E-state index contributed by atoms with van der Waals surface area (Å²) in [7, 11) is 0. The van der Waals surface area contributed by atoms with Crippen molar-refractivity contribution in [2.75, 3.05) is 13.1 Å². The van der Waals surface area contributed by atoms with Gasteiger partial charge >= 0.3 is 0 Å². The number of ketones is 1. The highest BCUT2D eigenvalue weighted by atomic mass is 16.3. The Kier molecular flexibility index (Phi) is 3.44. The number of hydrogen-bond donors (Lipinski definition) is 0. The van der Waals surface area contributed by atoms with E-state index >= 15 is 0 Å². The van der Waals surface area contributed by atoms with E-state index in [1.807, 2.05) is 6.07 Å². The molecule has 0 spiro atoms. The fraction of sp³-hybridized carbons (Fsp3) is 0.615. The van der Waals surface area contributed by atoms with Gasteiger partial charge in [0.2, 0.25) is 0 Å². The minimum absolute atomic E-state index is 0.00137. The van der Waals surface area contributed by atoms with E-state index in [-0.39, 0.29) is 5.78 Å². The zero-order valence-corrected chi connectivity index (χ0v) is 10.0. The van der Waals surface area contributed by atoms with Gasteiger partial charge < -0.3 is 4.42 Å². The first kappa shape index (κ1) is 11.4. The van der Waals surface area contributed by atoms with Gasteiger partial charge in [0.25, 0.3) is 0 Å². The van der Waals surface area contributed by atoms with E-state index < -0.39 is 0 Å². The summed E-state index contributed by atoms with van der Waals surface area (Å²) in [6.45, 7) is 7.06. The second-order valence-electron chi connectivity index (χ2n) is 4.83. The molecule has 1 aromatic rings. The van der Waals surface area contributed by atoms with Crippen molar-refractivity contribution in [3.8, 4) is 0 Å². The SMILES string of the molecule is CC(=O)c1cc(CN2CCC(C)CC2)co1. The van der Waals surface area contributed by atoms with E-state index in [1.54, 1.807) is 6.26 Å². The van der Waals surface area contributed by atoms with E-state index in [2.05, 4.69) is 11.8 Å². The van der Waals surface area contributed by atoms with Crippen molar-refractivity contribution in [1.82, 2.24) is 4.90 Å². The average Bonchev–Trinajstić information content (AvgIpc) is 2.70. The van der Waals surface area contributed by atoms with Gasteiger partial charge in [-0.05, 0) is 37.9 Å². The van der Waals surface area contributed by atoms with Crippen LogP contribution in [0.5, 0.6) is 0 Å². The fourth-order valence-electron chi connectivity index (χ4n) is 2.12. The Labute approximate surface area is 96.4 Å². The molecule has 2 rings (SSSR count). The van der Waals surface area contributed by atoms with Gasteiger partial charge in [0.05, 0.1) is 6.26 Å². The summed E-state index contributed by atoms with van der Waals surface area (Å²) in [5, 5.41) is 0. The quantitative estimate of drug-likeness (QED) is 0.736. The predicted molar refractivity (Wildman–Crippen MR) is 62.4 cm³/mol. The van der Waals surface area contributed by atoms with Crippen molar-refractivity contribution < 1.29 is 9.21 Å². The van der Waals surface area contributed by atoms with Gasteiger partial charge in [-0.1, -0.05) is 6.92 Å². The van der Waals surface area contributed by atoms with Crippen LogP contribution < -0.4 is 0 Å². The smallest absolute Gasteiger partial charge is 0.194 e. The summed E-state index contributed by atoms with van der Waals surface area (Å²) in [4.78, 5) is 13.5. The Morgan fingerprint density at radius 2 is 2.19 bits per heavy atom. The molecule has 0 radical (unpaired) electrons. The van der Waals surface area contributed by atoms with Crippen LogP contribution in [-0.4, -0.2) is 23.8 Å². The van der Waals surface area contributed by atoms with Crippen LogP contribution in [0.4, 0.5) is 0 Å². The van der Waals surface area contributed by atoms with Crippen LogP contribution in [-0.2, 0) is 6.54 Å². The van der Waals surface area contributed by atoms with Gasteiger partial charge in [0.15, 0.2) is 11.5 Å². The van der Waals surface area contributed by atoms with Crippen LogP contribution in [0, 0.1) is 5.92 Å². The van der Waals surface area contributed by atoms with Crippen LogP contribution in [0.25, 0.3) is 0 Å². The molecule has 0 N–H and O–H groups in total. The average molecular weight is 221 g/mol. The molecule has 0 bridgehead atoms. The third kappa shape index (κ3) is 2.73. The topological polar surface area (TPSA) is 33.5 Å². The number of piperidine rings is 1. The summed E-state index contributed by atoms with van der Waals surface area (Å²) in [6, 6.07) is 1.86. The van der Waals surface area contributed by atoms with Gasteiger partial charge in [-0.15, -0.1) is 0 Å². The summed E-state index contributed by atoms with van der Waals surface area (Å²) < 4.78 is 5.21. The Bertz CT molecular complexity index is 362. The van der Waals surface area contributed by atoms with Gasteiger partial charge in [-0.2, -0.15) is 0 Å². The molecule has 88 valence electrons. The molecular weight excluding hydrogens is 202 g/mol. The molecule has 0 amide bonds. The van der Waals surface area contributed by atoms with Crippen molar-refractivity contribution in [3.63, 3.8) is 0 Å². The van der Waals surface area contributed by atoms with Gasteiger partial charge in [0, 0.05) is 19.0 Å². The molecule has 16 heavy (non-hydrogen) atoms. The Balaban J connectivity index is 1.91. The van der Waals surface area contributed by atoms with Crippen LogP contribution >= 0.6 is 0 Å². The molecule has 0 aliphatic carbocycles. The van der Waals surface area contributed by atoms with Crippen molar-refractivity contribution in [2.45, 2.75) is 33.2 Å². The number of rotatable bonds is 3. The summed E-state index contributed by atoms with van der Waals surface area (Å²) in [6.07, 6.45) is 4.25. The molecule has 1 saturated heterocycles. The van der Waals surface area contributed by atoms with E-state index in [0.29, 0.717) is 5.76 Å². The maximum Gasteiger partial charge on any atom is 0.194 e. The van der Waals surface area contributed by atoms with E-state index in [9.17, 15) is 4.79 Å². The maximum atomic E-state index is 11.1. The lowest BCUT2D eigenvalue weighted by Gasteiger charge is -2.29. The lowest BCUT2D eigenvalue weighted by atomic mass is 9.99. The largest absolute Gasteiger partial charge is 0.461 e. The molecule has 1 aromatic heterocycles. The number of Topliss-reactive ketones (excluding diaryl/α,β-unsaturated/α-hetero) is 1. The Morgan fingerprint density at radius 1 is 1.50 bits per heavy atom. The molecule has 1 aliphatic rings. The summed E-state index contributed by atoms with van der Waals surface area (Å²) in [5.74, 6) is 1.33. The molecule has 0 atom stereocenters. The lowest BCUT2D eigenvalue weighted by molar-refractivity contribution is 0.0987. The number of carbonyl (C=O) groups is 1. The van der Waals surface area contributed by atoms with Crippen LogP contribution in [0.3, 0.4) is 0 Å². The van der Waals surface area contributed by atoms with E-state index in [0.717, 1.165) is 31.1 Å². The fourth-order valence-corrected chi connectivity index (χ4v) is 2.12. The Morgan fingerprint density at radius 3 is 2.75 bits per heavy atom. The highest BCUT2D eigenvalue weighted by molar-refractivity contribution is 5.91. The zero-order valence-electron chi connectivity index (χ0n) is 10.0. The van der Waals surface area contributed by atoms with Crippen molar-refractivity contribution in [2.24, 2.45) is 5.92 Å². The molecule has 0 unspecified atom stereocenters. The second-order valence-corrected chi connectivity index (χ2v) is 4.83. The van der Waals surface area contributed by atoms with Crippen LogP contribution in [0.2, 0.25) is 0 Å². The van der Waals surface area contributed by atoms with Crippen LogP contribution in [0.1, 0.15) is 42.8 Å². The first-order valence-corrected chi connectivity index (χ1v) is 5.96. The minimum atomic E-state index is -0.00137. The van der Waals surface area contributed by atoms with Crippen molar-refractivity contribution in [1.29, 1.82) is 0 Å². The second kappa shape index (κ2) is 4.83. The summed E-state index contributed by atoms with van der Waals surface area (Å²) >= 11 is 0. The predicted octanol–water partition coefficient (Wildman–Crippen LogP) is 2.71. The lowest BCUT2D eigenvalue weighted by Crippen LogP contribution is -2.32. The van der Waals surface area contributed by atoms with Crippen molar-refractivity contribution >= 4 is 5.78 Å². The molecule has 2 heterocycles. The molecule has 3 heteroatoms. The highest BCUT2D eigenvalue weighted by Crippen LogP contribution is 2.19. The molecule has 0 aromatic carbocycles. The van der Waals surface area contributed by atoms with Gasteiger partial charge in [0.1, 0.15) is 0 Å². The third-order valence-electron chi connectivity index (χ3n) is 3.28. The molecule has 1 aliphatic heterocycles. The van der Waals surface area contributed by atoms with Gasteiger partial charge in [-0.25, -0.2) is 0 Å². The monoisotopic (exact) mass is 221 g/mol. The molecule has 3 nitrogen and oxygen atoms in total. The number of nitrogens with zero attached hydrogens (tertiary/aromatic N) is 1. The standard InChI is InChI=1S/C13H19NO2/c1-10-3-5-14(6-4-10)8-12-7-13(11(2)15)16-9-12/h7,9-10H,3-6,8H2,1-2H3. The number of likely N-dealkylation sites (tertiary alicyclic amines) is 1.